The number of unbranched alkanes of at least 4 members (excludes halogenated alkanes) is 1. The molecule has 1 aromatic heterocycles. The molecule has 1 aliphatic rings. The van der Waals surface area contributed by atoms with Crippen LogP contribution < -0.4 is 5.32 Å². The van der Waals surface area contributed by atoms with E-state index in [0.717, 1.165) is 41.0 Å². The van der Waals surface area contributed by atoms with Crippen LogP contribution in [0.15, 0.2) is 36.4 Å². The number of nitrogens with zero attached hydrogens (tertiary/aromatic N) is 3. The largest absolute Gasteiger partial charge is 0.388 e. The van der Waals surface area contributed by atoms with E-state index in [0.29, 0.717) is 17.7 Å². The second-order valence-electron chi connectivity index (χ2n) is 8.67. The van der Waals surface area contributed by atoms with Gasteiger partial charge in [-0.2, -0.15) is 0 Å². The maximum Gasteiger partial charge on any atom is 0.253 e. The van der Waals surface area contributed by atoms with Crippen molar-refractivity contribution in [2.45, 2.75) is 44.9 Å². The average Bonchev–Trinajstić information content (AvgIpc) is 3.08. The zero-order valence-corrected chi connectivity index (χ0v) is 19.4. The molecule has 1 amide bonds. The Labute approximate surface area is 189 Å². The fourth-order valence-corrected chi connectivity index (χ4v) is 4.38. The van der Waals surface area contributed by atoms with Crippen molar-refractivity contribution >= 4 is 22.6 Å². The monoisotopic (exact) mass is 436 g/mol. The van der Waals surface area contributed by atoms with E-state index in [2.05, 4.69) is 12.2 Å². The van der Waals surface area contributed by atoms with Gasteiger partial charge in [-0.25, -0.2) is 4.98 Å². The van der Waals surface area contributed by atoms with Crippen molar-refractivity contribution in [1.29, 1.82) is 0 Å². The quantitative estimate of drug-likeness (QED) is 0.572. The van der Waals surface area contributed by atoms with Gasteiger partial charge in [0.05, 0.1) is 17.2 Å². The van der Waals surface area contributed by atoms with Crippen molar-refractivity contribution in [3.8, 4) is 0 Å². The first-order valence-electron chi connectivity index (χ1n) is 11.2. The SMILES string of the molecule is CCCCO[C@@H]1c2c(C(=O)N(C)C)cc3c(nc(C)n3C)c2N[C@H](c2ccccc2)[C@H]1O. The molecule has 32 heavy (non-hydrogen) atoms. The van der Waals surface area contributed by atoms with Gasteiger partial charge in [0.1, 0.15) is 23.5 Å². The highest BCUT2D eigenvalue weighted by Crippen LogP contribution is 2.46. The number of benzene rings is 2. The molecule has 3 atom stereocenters. The van der Waals surface area contributed by atoms with Crippen molar-refractivity contribution in [2.24, 2.45) is 7.05 Å². The van der Waals surface area contributed by atoms with Crippen molar-refractivity contribution in [3.63, 3.8) is 0 Å². The molecule has 0 bridgehead atoms. The number of aliphatic hydroxyl groups is 1. The first-order valence-corrected chi connectivity index (χ1v) is 11.2. The molecule has 0 aliphatic carbocycles. The van der Waals surface area contributed by atoms with E-state index < -0.39 is 12.2 Å². The lowest BCUT2D eigenvalue weighted by Gasteiger charge is -2.39. The Hall–Kier alpha value is -2.90. The number of hydrogen-bond donors (Lipinski definition) is 2. The molecule has 1 aliphatic heterocycles. The molecule has 2 aromatic carbocycles. The number of imidazole rings is 1. The van der Waals surface area contributed by atoms with Crippen LogP contribution in [-0.4, -0.2) is 52.3 Å². The molecule has 2 heterocycles. The third kappa shape index (κ3) is 3.76. The number of aliphatic hydroxyl groups excluding tert-OH is 1. The minimum atomic E-state index is -0.863. The van der Waals surface area contributed by atoms with Gasteiger partial charge in [-0.05, 0) is 25.0 Å². The van der Waals surface area contributed by atoms with Crippen molar-refractivity contribution < 1.29 is 14.6 Å². The van der Waals surface area contributed by atoms with Gasteiger partial charge >= 0.3 is 0 Å². The van der Waals surface area contributed by atoms with Crippen LogP contribution in [0, 0.1) is 6.92 Å². The highest BCUT2D eigenvalue weighted by atomic mass is 16.5. The molecular weight excluding hydrogens is 404 g/mol. The Bertz CT molecular complexity index is 1120. The van der Waals surface area contributed by atoms with Crippen molar-refractivity contribution in [3.05, 3.63) is 58.9 Å². The average molecular weight is 437 g/mol. The number of aryl methyl sites for hydroxylation is 2. The number of anilines is 1. The molecule has 0 saturated carbocycles. The Morgan fingerprint density at radius 3 is 2.66 bits per heavy atom. The van der Waals surface area contributed by atoms with Crippen LogP contribution in [0.2, 0.25) is 0 Å². The third-order valence-corrected chi connectivity index (χ3v) is 6.27. The van der Waals surface area contributed by atoms with E-state index in [9.17, 15) is 9.90 Å². The van der Waals surface area contributed by atoms with Crippen LogP contribution in [0.5, 0.6) is 0 Å². The van der Waals surface area contributed by atoms with E-state index >= 15 is 0 Å². The molecule has 3 aromatic rings. The van der Waals surface area contributed by atoms with E-state index in [1.54, 1.807) is 19.0 Å². The van der Waals surface area contributed by atoms with Gasteiger partial charge in [0.25, 0.3) is 5.91 Å². The summed E-state index contributed by atoms with van der Waals surface area (Å²) in [5.74, 6) is 0.725. The van der Waals surface area contributed by atoms with Gasteiger partial charge in [0.2, 0.25) is 0 Å². The Kier molecular flexibility index (Phi) is 6.22. The Balaban J connectivity index is 1.97. The molecule has 170 valence electrons. The summed E-state index contributed by atoms with van der Waals surface area (Å²) in [6.07, 6.45) is 0.355. The van der Waals surface area contributed by atoms with Crippen LogP contribution >= 0.6 is 0 Å². The summed E-state index contributed by atoms with van der Waals surface area (Å²) >= 11 is 0. The highest BCUT2D eigenvalue weighted by molar-refractivity contribution is 6.04. The predicted octanol–water partition coefficient (Wildman–Crippen LogP) is 3.97. The maximum atomic E-state index is 13.2. The number of hydrogen-bond acceptors (Lipinski definition) is 5. The lowest BCUT2D eigenvalue weighted by molar-refractivity contribution is -0.0518. The molecular formula is C25H32N4O3. The molecule has 0 unspecified atom stereocenters. The molecule has 0 radical (unpaired) electrons. The lowest BCUT2D eigenvalue weighted by atomic mass is 9.85. The summed E-state index contributed by atoms with van der Waals surface area (Å²) in [6, 6.07) is 11.3. The van der Waals surface area contributed by atoms with Gasteiger partial charge in [-0.3, -0.25) is 4.79 Å². The van der Waals surface area contributed by atoms with Gasteiger partial charge in [-0.1, -0.05) is 43.7 Å². The van der Waals surface area contributed by atoms with Gasteiger partial charge < -0.3 is 24.6 Å². The number of nitrogens with one attached hydrogen (secondary N) is 1. The van der Waals surface area contributed by atoms with Crippen molar-refractivity contribution in [2.75, 3.05) is 26.0 Å². The van der Waals surface area contributed by atoms with E-state index in [1.165, 1.54) is 0 Å². The second-order valence-corrected chi connectivity index (χ2v) is 8.67. The number of ether oxygens (including phenoxy) is 1. The number of aromatic nitrogens is 2. The summed E-state index contributed by atoms with van der Waals surface area (Å²) in [5.41, 5.74) is 4.59. The first kappa shape index (κ1) is 22.3. The molecule has 2 N–H and O–H groups in total. The summed E-state index contributed by atoms with van der Waals surface area (Å²) in [4.78, 5) is 19.6. The van der Waals surface area contributed by atoms with Gasteiger partial charge in [0, 0.05) is 38.9 Å². The normalized spacial score (nSPS) is 20.1. The number of fused-ring (bicyclic) bond motifs is 3. The molecule has 0 spiro atoms. The van der Waals surface area contributed by atoms with Gasteiger partial charge in [-0.15, -0.1) is 0 Å². The van der Waals surface area contributed by atoms with E-state index in [4.69, 9.17) is 9.72 Å². The van der Waals surface area contributed by atoms with Crippen LogP contribution in [0.4, 0.5) is 5.69 Å². The maximum absolute atomic E-state index is 13.2. The number of carbonyl (C=O) groups is 1. The molecule has 0 saturated heterocycles. The van der Waals surface area contributed by atoms with Crippen LogP contribution in [0.25, 0.3) is 11.0 Å². The number of amides is 1. The lowest BCUT2D eigenvalue weighted by Crippen LogP contribution is -2.39. The molecule has 4 rings (SSSR count). The summed E-state index contributed by atoms with van der Waals surface area (Å²) < 4.78 is 8.26. The summed E-state index contributed by atoms with van der Waals surface area (Å²) in [6.45, 7) is 4.56. The Morgan fingerprint density at radius 2 is 2.00 bits per heavy atom. The van der Waals surface area contributed by atoms with Crippen LogP contribution in [-0.2, 0) is 11.8 Å². The van der Waals surface area contributed by atoms with Crippen LogP contribution in [0.3, 0.4) is 0 Å². The van der Waals surface area contributed by atoms with Crippen LogP contribution in [0.1, 0.15) is 59.2 Å². The number of rotatable bonds is 6. The topological polar surface area (TPSA) is 79.6 Å². The van der Waals surface area contributed by atoms with E-state index in [1.807, 2.05) is 54.9 Å². The molecule has 0 fully saturated rings. The minimum absolute atomic E-state index is 0.127. The standard InChI is InChI=1S/C25H32N4O3/c1-6-7-13-32-24-19-17(25(31)28(3)4)14-18-21(26-15(2)29(18)5)22(19)27-20(23(24)30)16-11-9-8-10-12-16/h8-12,14,20,23-24,27,30H,6-7,13H2,1-5H3/t20-,23-,24-/m1/s1. The highest BCUT2D eigenvalue weighted by Gasteiger charge is 2.41. The predicted molar refractivity (Wildman–Crippen MR) is 126 cm³/mol. The summed E-state index contributed by atoms with van der Waals surface area (Å²) in [7, 11) is 5.42. The van der Waals surface area contributed by atoms with Gasteiger partial charge in [0.15, 0.2) is 0 Å². The fraction of sp³-hybridized carbons (Fsp3) is 0.440. The molecule has 7 heteroatoms. The zero-order valence-electron chi connectivity index (χ0n) is 19.4. The Morgan fingerprint density at radius 1 is 1.28 bits per heavy atom. The third-order valence-electron chi connectivity index (χ3n) is 6.27. The van der Waals surface area contributed by atoms with Crippen molar-refractivity contribution in [1.82, 2.24) is 14.5 Å². The minimum Gasteiger partial charge on any atom is -0.388 e. The first-order chi connectivity index (χ1) is 15.3. The summed E-state index contributed by atoms with van der Waals surface area (Å²) in [5, 5.41) is 15.0. The molecule has 7 nitrogen and oxygen atoms in total. The smallest absolute Gasteiger partial charge is 0.253 e. The zero-order chi connectivity index (χ0) is 23.0. The number of carbonyl (C=O) groups excluding carboxylic acids is 1. The second kappa shape index (κ2) is 8.92. The van der Waals surface area contributed by atoms with E-state index in [-0.39, 0.29) is 11.9 Å². The fourth-order valence-electron chi connectivity index (χ4n) is 4.38.